The van der Waals surface area contributed by atoms with Gasteiger partial charge in [0.1, 0.15) is 5.69 Å². The quantitative estimate of drug-likeness (QED) is 0.648. The average Bonchev–Trinajstić information content (AvgIpc) is 2.80. The topological polar surface area (TPSA) is 64.2 Å². The number of hydrogen-bond acceptors (Lipinski definition) is 4. The Morgan fingerprint density at radius 3 is 2.81 bits per heavy atom. The van der Waals surface area contributed by atoms with Crippen molar-refractivity contribution < 1.29 is 4.79 Å². The summed E-state index contributed by atoms with van der Waals surface area (Å²) in [6.07, 6.45) is 1.50. The lowest BCUT2D eigenvalue weighted by molar-refractivity contribution is 0.102. The number of carbonyl (C=O) groups is 1. The van der Waals surface area contributed by atoms with E-state index in [-0.39, 0.29) is 5.78 Å². The molecule has 112 valence electrons. The van der Waals surface area contributed by atoms with E-state index in [0.29, 0.717) is 33.0 Å². The second-order valence-electron chi connectivity index (χ2n) is 4.93. The van der Waals surface area contributed by atoms with Crippen LogP contribution in [-0.2, 0) is 6.54 Å². The Bertz CT molecular complexity index is 669. The summed E-state index contributed by atoms with van der Waals surface area (Å²) in [6, 6.07) is 5.06. The summed E-state index contributed by atoms with van der Waals surface area (Å²) in [7, 11) is 3.92. The number of aromatic nitrogens is 2. The number of rotatable bonds is 5. The van der Waals surface area contributed by atoms with Crippen LogP contribution in [0.1, 0.15) is 16.1 Å². The van der Waals surface area contributed by atoms with Gasteiger partial charge in [-0.15, -0.1) is 0 Å². The third-order valence-corrected chi connectivity index (χ3v) is 3.99. The predicted octanol–water partition coefficient (Wildman–Crippen LogP) is 2.67. The Labute approximate surface area is 136 Å². The van der Waals surface area contributed by atoms with Crippen molar-refractivity contribution in [3.8, 4) is 0 Å². The average molecular weight is 372 g/mol. The lowest BCUT2D eigenvalue weighted by Gasteiger charge is -2.12. The van der Waals surface area contributed by atoms with E-state index in [0.717, 1.165) is 6.54 Å². The molecule has 7 heteroatoms. The highest BCUT2D eigenvalue weighted by atomic mass is 79.9. The number of hydrogen-bond donors (Lipinski definition) is 1. The zero-order valence-electron chi connectivity index (χ0n) is 11.8. The van der Waals surface area contributed by atoms with Crippen molar-refractivity contribution in [2.24, 2.45) is 0 Å². The number of carbonyl (C=O) groups excluding carboxylic acids is 1. The van der Waals surface area contributed by atoms with Gasteiger partial charge < -0.3 is 10.6 Å². The molecule has 0 bridgehead atoms. The summed E-state index contributed by atoms with van der Waals surface area (Å²) in [5, 5.41) is 4.53. The third kappa shape index (κ3) is 3.64. The van der Waals surface area contributed by atoms with Crippen molar-refractivity contribution in [2.75, 3.05) is 26.4 Å². The SMILES string of the molecule is CN(C)CCn1ncc(Cl)c1C(=O)c1ccc(N)c(Br)c1. The van der Waals surface area contributed by atoms with E-state index < -0.39 is 0 Å². The zero-order chi connectivity index (χ0) is 15.6. The standard InChI is InChI=1S/C14H16BrClN4O/c1-19(2)5-6-20-13(11(16)8-18-20)14(21)9-3-4-12(17)10(15)7-9/h3-4,7-8H,5-6,17H2,1-2H3. The second-order valence-corrected chi connectivity index (χ2v) is 6.19. The first-order valence-corrected chi connectivity index (χ1v) is 7.53. The summed E-state index contributed by atoms with van der Waals surface area (Å²) >= 11 is 9.45. The van der Waals surface area contributed by atoms with E-state index in [2.05, 4.69) is 21.0 Å². The van der Waals surface area contributed by atoms with Crippen LogP contribution >= 0.6 is 27.5 Å². The molecule has 0 saturated carbocycles. The number of ketones is 1. The number of likely N-dealkylation sites (N-methyl/N-ethyl adjacent to an activating group) is 1. The van der Waals surface area contributed by atoms with Gasteiger partial charge in [0.2, 0.25) is 5.78 Å². The molecule has 0 saturated heterocycles. The van der Waals surface area contributed by atoms with E-state index in [4.69, 9.17) is 17.3 Å². The van der Waals surface area contributed by atoms with Crippen LogP contribution in [0.25, 0.3) is 0 Å². The highest BCUT2D eigenvalue weighted by Gasteiger charge is 2.19. The van der Waals surface area contributed by atoms with E-state index in [9.17, 15) is 4.79 Å². The molecule has 0 atom stereocenters. The fourth-order valence-corrected chi connectivity index (χ4v) is 2.46. The molecule has 1 heterocycles. The molecule has 0 spiro atoms. The summed E-state index contributed by atoms with van der Waals surface area (Å²) in [6.45, 7) is 1.36. The predicted molar refractivity (Wildman–Crippen MR) is 87.8 cm³/mol. The number of nitrogen functional groups attached to an aromatic ring is 1. The molecule has 0 aliphatic carbocycles. The fraction of sp³-hybridized carbons (Fsp3) is 0.286. The Morgan fingerprint density at radius 1 is 1.48 bits per heavy atom. The number of nitrogens with two attached hydrogens (primary N) is 1. The number of benzene rings is 1. The first kappa shape index (κ1) is 16.0. The van der Waals surface area contributed by atoms with Gasteiger partial charge >= 0.3 is 0 Å². The van der Waals surface area contributed by atoms with Gasteiger partial charge in [0.15, 0.2) is 0 Å². The van der Waals surface area contributed by atoms with E-state index in [1.165, 1.54) is 6.20 Å². The fourth-order valence-electron chi connectivity index (χ4n) is 1.86. The molecule has 0 radical (unpaired) electrons. The van der Waals surface area contributed by atoms with Crippen LogP contribution in [0.5, 0.6) is 0 Å². The van der Waals surface area contributed by atoms with Gasteiger partial charge in [-0.05, 0) is 48.2 Å². The van der Waals surface area contributed by atoms with Gasteiger partial charge in [0.05, 0.1) is 17.8 Å². The van der Waals surface area contributed by atoms with Gasteiger partial charge in [0.25, 0.3) is 0 Å². The summed E-state index contributed by atoms with van der Waals surface area (Å²) < 4.78 is 2.32. The van der Waals surface area contributed by atoms with Crippen molar-refractivity contribution >= 4 is 39.0 Å². The van der Waals surface area contributed by atoms with Crippen molar-refractivity contribution in [3.63, 3.8) is 0 Å². The van der Waals surface area contributed by atoms with Gasteiger partial charge in [0, 0.05) is 22.3 Å². The molecular formula is C14H16BrClN4O. The molecule has 5 nitrogen and oxygen atoms in total. The van der Waals surface area contributed by atoms with Crippen LogP contribution in [0.2, 0.25) is 5.02 Å². The minimum atomic E-state index is -0.169. The normalized spacial score (nSPS) is 11.1. The maximum atomic E-state index is 12.6. The van der Waals surface area contributed by atoms with E-state index >= 15 is 0 Å². The first-order valence-electron chi connectivity index (χ1n) is 6.36. The number of nitrogens with zero attached hydrogens (tertiary/aromatic N) is 3. The van der Waals surface area contributed by atoms with Gasteiger partial charge in [-0.1, -0.05) is 11.6 Å². The molecule has 1 aromatic heterocycles. The van der Waals surface area contributed by atoms with Crippen LogP contribution in [-0.4, -0.2) is 41.1 Å². The molecule has 2 N–H and O–H groups in total. The van der Waals surface area contributed by atoms with Crippen molar-refractivity contribution in [1.29, 1.82) is 0 Å². The smallest absolute Gasteiger partial charge is 0.212 e. The monoisotopic (exact) mass is 370 g/mol. The first-order chi connectivity index (χ1) is 9.90. The summed E-state index contributed by atoms with van der Waals surface area (Å²) in [5.41, 5.74) is 7.24. The number of anilines is 1. The van der Waals surface area contributed by atoms with E-state index in [1.807, 2.05) is 19.0 Å². The molecule has 1 aromatic carbocycles. The second kappa shape index (κ2) is 6.60. The Morgan fingerprint density at radius 2 is 2.19 bits per heavy atom. The van der Waals surface area contributed by atoms with Crippen LogP contribution in [0, 0.1) is 0 Å². The molecule has 21 heavy (non-hydrogen) atoms. The molecule has 0 unspecified atom stereocenters. The Balaban J connectivity index is 2.34. The highest BCUT2D eigenvalue weighted by molar-refractivity contribution is 9.10. The Kier molecular flexibility index (Phi) is 5.03. The van der Waals surface area contributed by atoms with Crippen LogP contribution in [0.15, 0.2) is 28.9 Å². The Hall–Kier alpha value is -1.37. The molecular weight excluding hydrogens is 356 g/mol. The lowest BCUT2D eigenvalue weighted by Crippen LogP contribution is -2.21. The van der Waals surface area contributed by atoms with Crippen molar-refractivity contribution in [1.82, 2.24) is 14.7 Å². The zero-order valence-corrected chi connectivity index (χ0v) is 14.1. The minimum absolute atomic E-state index is 0.169. The minimum Gasteiger partial charge on any atom is -0.398 e. The third-order valence-electron chi connectivity index (χ3n) is 3.03. The molecule has 0 amide bonds. The maximum Gasteiger partial charge on any atom is 0.212 e. The molecule has 2 aromatic rings. The van der Waals surface area contributed by atoms with Gasteiger partial charge in [-0.2, -0.15) is 5.10 Å². The summed E-state index contributed by atoms with van der Waals surface area (Å²) in [4.78, 5) is 14.7. The maximum absolute atomic E-state index is 12.6. The van der Waals surface area contributed by atoms with Crippen LogP contribution < -0.4 is 5.73 Å². The van der Waals surface area contributed by atoms with Gasteiger partial charge in [-0.3, -0.25) is 9.48 Å². The van der Waals surface area contributed by atoms with Crippen molar-refractivity contribution in [3.05, 3.63) is 45.1 Å². The lowest BCUT2D eigenvalue weighted by atomic mass is 10.1. The highest BCUT2D eigenvalue weighted by Crippen LogP contribution is 2.24. The number of halogens is 2. The van der Waals surface area contributed by atoms with E-state index in [1.54, 1.807) is 22.9 Å². The van der Waals surface area contributed by atoms with Crippen LogP contribution in [0.3, 0.4) is 0 Å². The molecule has 2 rings (SSSR count). The van der Waals surface area contributed by atoms with Crippen LogP contribution in [0.4, 0.5) is 5.69 Å². The van der Waals surface area contributed by atoms with Gasteiger partial charge in [-0.25, -0.2) is 0 Å². The molecule has 0 aliphatic heterocycles. The van der Waals surface area contributed by atoms with Crippen molar-refractivity contribution in [2.45, 2.75) is 6.54 Å². The molecule has 0 fully saturated rings. The molecule has 0 aliphatic rings. The summed E-state index contributed by atoms with van der Waals surface area (Å²) in [5.74, 6) is -0.169. The largest absolute Gasteiger partial charge is 0.398 e.